The normalized spacial score (nSPS) is 18.2. The summed E-state index contributed by atoms with van der Waals surface area (Å²) < 4.78 is 0.0113. The van der Waals surface area contributed by atoms with Crippen molar-refractivity contribution in [2.24, 2.45) is 0 Å². The molecule has 1 heterocycles. The van der Waals surface area contributed by atoms with Gasteiger partial charge in [-0.15, -0.1) is 0 Å². The van der Waals surface area contributed by atoms with Crippen molar-refractivity contribution in [1.29, 1.82) is 0 Å². The second-order valence-corrected chi connectivity index (χ2v) is 4.71. The number of quaternary nitrogens is 1. The SMILES string of the molecule is O[N+]1(O)C=Cc2[c]([Ti])cccc2S1. The van der Waals surface area contributed by atoms with Gasteiger partial charge in [0, 0.05) is 0 Å². The van der Waals surface area contributed by atoms with Crippen LogP contribution in [-0.2, 0) is 20.4 Å². The third-order valence-electron chi connectivity index (χ3n) is 1.73. The molecular weight excluding hydrogens is 222 g/mol. The van der Waals surface area contributed by atoms with Crippen LogP contribution in [0.15, 0.2) is 29.3 Å². The molecule has 2 N–H and O–H groups in total. The van der Waals surface area contributed by atoms with Gasteiger partial charge in [0.2, 0.25) is 0 Å². The predicted molar refractivity (Wildman–Crippen MR) is 44.8 cm³/mol. The number of hydrogen-bond acceptors (Lipinski definition) is 3. The first-order chi connectivity index (χ1) is 6.08. The Bertz CT molecular complexity index is 378. The van der Waals surface area contributed by atoms with Crippen LogP contribution in [0.25, 0.3) is 6.08 Å². The first-order valence-corrected chi connectivity index (χ1v) is 5.22. The van der Waals surface area contributed by atoms with Gasteiger partial charge in [-0.25, -0.2) is 0 Å². The van der Waals surface area contributed by atoms with Crippen LogP contribution in [0.5, 0.6) is 0 Å². The summed E-state index contributed by atoms with van der Waals surface area (Å²) >= 11 is 2.99. The molecule has 3 nitrogen and oxygen atoms in total. The monoisotopic (exact) mass is 229 g/mol. The number of rotatable bonds is 0. The fourth-order valence-corrected chi connectivity index (χ4v) is 2.60. The quantitative estimate of drug-likeness (QED) is 0.402. The number of nitrogens with zero attached hydrogens (tertiary/aromatic N) is 1. The predicted octanol–water partition coefficient (Wildman–Crippen LogP) is 1.45. The Morgan fingerprint density at radius 1 is 1.31 bits per heavy atom. The zero-order valence-corrected chi connectivity index (χ0v) is 9.01. The summed E-state index contributed by atoms with van der Waals surface area (Å²) in [5.41, 5.74) is 1.06. The molecule has 65 valence electrons. The van der Waals surface area contributed by atoms with E-state index in [9.17, 15) is 10.4 Å². The molecule has 0 bridgehead atoms. The number of benzene rings is 1. The summed E-state index contributed by atoms with van der Waals surface area (Å²) in [7, 11) is 0. The van der Waals surface area contributed by atoms with E-state index in [4.69, 9.17) is 0 Å². The van der Waals surface area contributed by atoms with Crippen LogP contribution < -0.4 is 3.87 Å². The molecule has 1 aromatic carbocycles. The zero-order chi connectivity index (χ0) is 9.47. The molecule has 5 heteroatoms. The van der Waals surface area contributed by atoms with Crippen LogP contribution in [0.4, 0.5) is 0 Å². The maximum atomic E-state index is 9.28. The average Bonchev–Trinajstić information content (AvgIpc) is 2.02. The third-order valence-corrected chi connectivity index (χ3v) is 3.36. The number of hydroxylamine groups is 2. The van der Waals surface area contributed by atoms with E-state index in [2.05, 4.69) is 0 Å². The van der Waals surface area contributed by atoms with E-state index >= 15 is 0 Å². The molecule has 1 aliphatic rings. The van der Waals surface area contributed by atoms with Gasteiger partial charge < -0.3 is 0 Å². The summed E-state index contributed by atoms with van der Waals surface area (Å²) in [6, 6.07) is 5.77. The first-order valence-electron chi connectivity index (χ1n) is 3.66. The van der Waals surface area contributed by atoms with Gasteiger partial charge in [0.15, 0.2) is 0 Å². The van der Waals surface area contributed by atoms with Crippen molar-refractivity contribution in [2.75, 3.05) is 0 Å². The molecule has 2 rings (SSSR count). The topological polar surface area (TPSA) is 40.5 Å². The summed E-state index contributed by atoms with van der Waals surface area (Å²) in [5, 5.41) is 18.6. The van der Waals surface area contributed by atoms with Crippen molar-refractivity contribution in [1.82, 2.24) is 0 Å². The molecule has 0 atom stereocenters. The van der Waals surface area contributed by atoms with E-state index in [0.29, 0.717) is 0 Å². The Morgan fingerprint density at radius 3 is 2.85 bits per heavy atom. The maximum absolute atomic E-state index is 9.28. The van der Waals surface area contributed by atoms with Crippen molar-refractivity contribution in [3.8, 4) is 0 Å². The van der Waals surface area contributed by atoms with E-state index < -0.39 is 4.21 Å². The van der Waals surface area contributed by atoms with E-state index in [0.717, 1.165) is 26.3 Å². The van der Waals surface area contributed by atoms with Crippen molar-refractivity contribution in [2.45, 2.75) is 4.90 Å². The van der Waals surface area contributed by atoms with E-state index in [1.807, 2.05) is 38.6 Å². The van der Waals surface area contributed by atoms with Crippen molar-refractivity contribution < 1.29 is 35.1 Å². The van der Waals surface area contributed by atoms with E-state index in [1.54, 1.807) is 6.08 Å². The Balaban J connectivity index is 2.53. The molecule has 0 fully saturated rings. The number of fused-ring (bicyclic) bond motifs is 1. The molecule has 0 radical (unpaired) electrons. The van der Waals surface area contributed by atoms with Crippen LogP contribution in [-0.4, -0.2) is 14.6 Å². The second kappa shape index (κ2) is 3.24. The van der Waals surface area contributed by atoms with Gasteiger partial charge in [0.25, 0.3) is 0 Å². The molecule has 0 unspecified atom stereocenters. The summed E-state index contributed by atoms with van der Waals surface area (Å²) in [6.45, 7) is 0. The molecule has 1 aliphatic heterocycles. The minimum atomic E-state index is -1.13. The van der Waals surface area contributed by atoms with E-state index in [1.165, 1.54) is 6.20 Å². The summed E-state index contributed by atoms with van der Waals surface area (Å²) in [4.78, 5) is 0.882. The molecule has 0 aliphatic carbocycles. The van der Waals surface area contributed by atoms with Crippen LogP contribution in [0, 0.1) is 0 Å². The van der Waals surface area contributed by atoms with Gasteiger partial charge in [0.1, 0.15) is 0 Å². The van der Waals surface area contributed by atoms with Gasteiger partial charge in [-0.3, -0.25) is 0 Å². The van der Waals surface area contributed by atoms with Gasteiger partial charge in [-0.2, -0.15) is 0 Å². The molecule has 0 spiro atoms. The summed E-state index contributed by atoms with van der Waals surface area (Å²) in [6.07, 6.45) is 3.06. The first kappa shape index (κ1) is 9.46. The van der Waals surface area contributed by atoms with Crippen LogP contribution in [0.1, 0.15) is 5.56 Å². The Kier molecular flexibility index (Phi) is 2.36. The third kappa shape index (κ3) is 1.88. The average molecular weight is 229 g/mol. The minimum absolute atomic E-state index is 0.882. The van der Waals surface area contributed by atoms with Gasteiger partial charge in [-0.1, -0.05) is 0 Å². The second-order valence-electron chi connectivity index (χ2n) is 2.71. The van der Waals surface area contributed by atoms with Crippen molar-refractivity contribution in [3.05, 3.63) is 30.0 Å². The van der Waals surface area contributed by atoms with Gasteiger partial charge in [0.05, 0.1) is 0 Å². The Hall–Kier alpha value is -0.0957. The van der Waals surface area contributed by atoms with Gasteiger partial charge >= 0.3 is 91.8 Å². The molecule has 1 aromatic rings. The molecule has 0 amide bonds. The standard InChI is InChI=1S/C8H7NO2S.Ti/c10-9(11)6-5-7-3-1-2-4-8(7)12-9;/h1-2,4-6,10-11H;/q+1;. The number of hydrogen-bond donors (Lipinski definition) is 2. The van der Waals surface area contributed by atoms with Crippen LogP contribution in [0.2, 0.25) is 0 Å². The van der Waals surface area contributed by atoms with Crippen molar-refractivity contribution in [3.63, 3.8) is 0 Å². The summed E-state index contributed by atoms with van der Waals surface area (Å²) in [5.74, 6) is 0. The molecule has 0 saturated carbocycles. The van der Waals surface area contributed by atoms with Gasteiger partial charge in [-0.05, 0) is 0 Å². The fraction of sp³-hybridized carbons (Fsp3) is 0. The van der Waals surface area contributed by atoms with Crippen LogP contribution in [0.3, 0.4) is 0 Å². The molecule has 0 aromatic heterocycles. The van der Waals surface area contributed by atoms with Crippen molar-refractivity contribution >= 4 is 21.9 Å². The molecular formula is C8H7NO2STi+. The van der Waals surface area contributed by atoms with Crippen LogP contribution >= 0.6 is 11.9 Å². The Morgan fingerprint density at radius 2 is 2.08 bits per heavy atom. The zero-order valence-electron chi connectivity index (χ0n) is 6.64. The Labute approximate surface area is 91.7 Å². The molecule has 0 saturated heterocycles. The fourth-order valence-electron chi connectivity index (χ4n) is 1.14. The molecule has 13 heavy (non-hydrogen) atoms. The van der Waals surface area contributed by atoms with E-state index in [-0.39, 0.29) is 0 Å².